The number of likely N-dealkylation sites (tertiary alicyclic amines) is 1. The molecule has 1 heterocycles. The molecule has 1 atom stereocenters. The Labute approximate surface area is 177 Å². The number of carbonyl (C=O) groups excluding carboxylic acids is 3. The standard InChI is InChI=1S/C20H30N4O4.ClH/c1-13(2)18(21)20(27)22-12-17(25)24-10-8-14(9-11-24)19(26)23-15-6-4-5-7-16(15)28-3;/h4-7,13-14,18H,8-12,21H2,1-3H3,(H,22,27)(H,23,26);1H/t18-;/m0./s1. The quantitative estimate of drug-likeness (QED) is 0.609. The van der Waals surface area contributed by atoms with Crippen molar-refractivity contribution in [2.24, 2.45) is 17.6 Å². The average molecular weight is 427 g/mol. The molecule has 0 radical (unpaired) electrons. The van der Waals surface area contributed by atoms with Gasteiger partial charge in [-0.15, -0.1) is 12.4 Å². The first-order valence-electron chi connectivity index (χ1n) is 9.58. The van der Waals surface area contributed by atoms with Crippen LogP contribution in [-0.4, -0.2) is 55.4 Å². The number of para-hydroxylation sites is 2. The maximum atomic E-state index is 12.5. The van der Waals surface area contributed by atoms with E-state index in [1.807, 2.05) is 26.0 Å². The lowest BCUT2D eigenvalue weighted by molar-refractivity contribution is -0.135. The van der Waals surface area contributed by atoms with Gasteiger partial charge in [0.15, 0.2) is 0 Å². The van der Waals surface area contributed by atoms with E-state index in [0.29, 0.717) is 37.4 Å². The van der Waals surface area contributed by atoms with E-state index in [1.165, 1.54) is 0 Å². The van der Waals surface area contributed by atoms with Crippen LogP contribution in [0.15, 0.2) is 24.3 Å². The van der Waals surface area contributed by atoms with Crippen LogP contribution >= 0.6 is 12.4 Å². The number of piperidine rings is 1. The summed E-state index contributed by atoms with van der Waals surface area (Å²) in [6, 6.07) is 6.62. The molecule has 0 bridgehead atoms. The number of nitrogens with two attached hydrogens (primary N) is 1. The molecule has 2 rings (SSSR count). The van der Waals surface area contributed by atoms with E-state index >= 15 is 0 Å². The van der Waals surface area contributed by atoms with Crippen molar-refractivity contribution in [3.63, 3.8) is 0 Å². The number of hydrogen-bond acceptors (Lipinski definition) is 5. The number of methoxy groups -OCH3 is 1. The molecule has 0 aromatic heterocycles. The zero-order chi connectivity index (χ0) is 20.7. The van der Waals surface area contributed by atoms with Gasteiger partial charge in [-0.1, -0.05) is 26.0 Å². The number of halogens is 1. The fourth-order valence-corrected chi connectivity index (χ4v) is 3.07. The Morgan fingerprint density at radius 1 is 1.21 bits per heavy atom. The maximum absolute atomic E-state index is 12.5. The first-order chi connectivity index (χ1) is 13.3. The third kappa shape index (κ3) is 6.90. The molecule has 1 aromatic rings. The summed E-state index contributed by atoms with van der Waals surface area (Å²) in [5.41, 5.74) is 6.41. The van der Waals surface area contributed by atoms with Crippen LogP contribution in [0.1, 0.15) is 26.7 Å². The van der Waals surface area contributed by atoms with Crippen molar-refractivity contribution in [2.75, 3.05) is 32.1 Å². The molecule has 0 spiro atoms. The van der Waals surface area contributed by atoms with Gasteiger partial charge in [0, 0.05) is 19.0 Å². The summed E-state index contributed by atoms with van der Waals surface area (Å²) >= 11 is 0. The zero-order valence-electron chi connectivity index (χ0n) is 17.1. The van der Waals surface area contributed by atoms with Gasteiger partial charge in [0.25, 0.3) is 0 Å². The Bertz CT molecular complexity index is 705. The van der Waals surface area contributed by atoms with Gasteiger partial charge < -0.3 is 26.0 Å². The molecule has 162 valence electrons. The monoisotopic (exact) mass is 426 g/mol. The van der Waals surface area contributed by atoms with Gasteiger partial charge in [-0.25, -0.2) is 0 Å². The molecule has 9 heteroatoms. The van der Waals surface area contributed by atoms with Crippen LogP contribution in [0.3, 0.4) is 0 Å². The van der Waals surface area contributed by atoms with Crippen LogP contribution < -0.4 is 21.1 Å². The molecule has 1 aromatic carbocycles. The Kier molecular flexibility index (Phi) is 9.91. The number of nitrogens with zero attached hydrogens (tertiary/aromatic N) is 1. The Morgan fingerprint density at radius 2 is 1.83 bits per heavy atom. The molecule has 1 saturated heterocycles. The molecule has 29 heavy (non-hydrogen) atoms. The molecule has 8 nitrogen and oxygen atoms in total. The normalized spacial score (nSPS) is 15.3. The second-order valence-corrected chi connectivity index (χ2v) is 7.33. The molecule has 1 aliphatic rings. The maximum Gasteiger partial charge on any atom is 0.241 e. The van der Waals surface area contributed by atoms with Gasteiger partial charge in [0.1, 0.15) is 5.75 Å². The highest BCUT2D eigenvalue weighted by molar-refractivity contribution is 5.94. The Morgan fingerprint density at radius 3 is 2.41 bits per heavy atom. The zero-order valence-corrected chi connectivity index (χ0v) is 18.0. The summed E-state index contributed by atoms with van der Waals surface area (Å²) < 4.78 is 5.25. The molecule has 4 N–H and O–H groups in total. The van der Waals surface area contributed by atoms with Crippen molar-refractivity contribution < 1.29 is 19.1 Å². The number of benzene rings is 1. The largest absolute Gasteiger partial charge is 0.495 e. The molecule has 3 amide bonds. The predicted molar refractivity (Wildman–Crippen MR) is 114 cm³/mol. The van der Waals surface area contributed by atoms with Crippen LogP contribution in [-0.2, 0) is 14.4 Å². The van der Waals surface area contributed by atoms with Gasteiger partial charge in [-0.3, -0.25) is 14.4 Å². The van der Waals surface area contributed by atoms with Crippen molar-refractivity contribution >= 4 is 35.8 Å². The molecular weight excluding hydrogens is 396 g/mol. The fraction of sp³-hybridized carbons (Fsp3) is 0.550. The highest BCUT2D eigenvalue weighted by Crippen LogP contribution is 2.25. The van der Waals surface area contributed by atoms with Crippen LogP contribution in [0, 0.1) is 11.8 Å². The third-order valence-electron chi connectivity index (χ3n) is 5.02. The van der Waals surface area contributed by atoms with Crippen molar-refractivity contribution in [3.8, 4) is 5.75 Å². The van der Waals surface area contributed by atoms with Crippen LogP contribution in [0.2, 0.25) is 0 Å². The third-order valence-corrected chi connectivity index (χ3v) is 5.02. The second-order valence-electron chi connectivity index (χ2n) is 7.33. The van der Waals surface area contributed by atoms with E-state index in [9.17, 15) is 14.4 Å². The van der Waals surface area contributed by atoms with Gasteiger partial charge in [-0.05, 0) is 30.9 Å². The first-order valence-corrected chi connectivity index (χ1v) is 9.58. The van der Waals surface area contributed by atoms with Gasteiger partial charge in [0.05, 0.1) is 25.4 Å². The number of anilines is 1. The van der Waals surface area contributed by atoms with Gasteiger partial charge >= 0.3 is 0 Å². The summed E-state index contributed by atoms with van der Waals surface area (Å²) in [6.07, 6.45) is 1.15. The molecule has 1 aliphatic heterocycles. The number of ether oxygens (including phenoxy) is 1. The number of amides is 3. The minimum absolute atomic E-state index is 0. The second kappa shape index (κ2) is 11.6. The van der Waals surface area contributed by atoms with Crippen LogP contribution in [0.5, 0.6) is 5.75 Å². The molecular formula is C20H31ClN4O4. The van der Waals surface area contributed by atoms with Crippen LogP contribution in [0.25, 0.3) is 0 Å². The van der Waals surface area contributed by atoms with Crippen molar-refractivity contribution in [1.29, 1.82) is 0 Å². The lowest BCUT2D eigenvalue weighted by atomic mass is 9.95. The van der Waals surface area contributed by atoms with Gasteiger partial charge in [-0.2, -0.15) is 0 Å². The van der Waals surface area contributed by atoms with E-state index in [0.717, 1.165) is 0 Å². The number of hydrogen-bond donors (Lipinski definition) is 3. The Hall–Kier alpha value is -2.32. The molecule has 0 saturated carbocycles. The van der Waals surface area contributed by atoms with Crippen molar-refractivity contribution in [1.82, 2.24) is 10.2 Å². The highest BCUT2D eigenvalue weighted by Gasteiger charge is 2.28. The summed E-state index contributed by atoms with van der Waals surface area (Å²) in [4.78, 5) is 38.4. The fourth-order valence-electron chi connectivity index (χ4n) is 3.07. The minimum Gasteiger partial charge on any atom is -0.495 e. The van der Waals surface area contributed by atoms with E-state index in [4.69, 9.17) is 10.5 Å². The molecule has 0 aliphatic carbocycles. The van der Waals surface area contributed by atoms with E-state index in [-0.39, 0.29) is 48.5 Å². The first kappa shape index (κ1) is 24.7. The molecule has 0 unspecified atom stereocenters. The van der Waals surface area contributed by atoms with Crippen molar-refractivity contribution in [3.05, 3.63) is 24.3 Å². The van der Waals surface area contributed by atoms with Crippen LogP contribution in [0.4, 0.5) is 5.69 Å². The Balaban J connectivity index is 0.00000420. The SMILES string of the molecule is COc1ccccc1NC(=O)C1CCN(C(=O)CNC(=O)[C@@H](N)C(C)C)CC1.Cl. The van der Waals surface area contributed by atoms with E-state index in [2.05, 4.69) is 10.6 Å². The van der Waals surface area contributed by atoms with E-state index < -0.39 is 6.04 Å². The average Bonchev–Trinajstić information content (AvgIpc) is 2.71. The smallest absolute Gasteiger partial charge is 0.241 e. The minimum atomic E-state index is -0.628. The molecule has 1 fully saturated rings. The lowest BCUT2D eigenvalue weighted by Crippen LogP contribution is -2.49. The summed E-state index contributed by atoms with van der Waals surface area (Å²) in [7, 11) is 1.56. The van der Waals surface area contributed by atoms with Gasteiger partial charge in [0.2, 0.25) is 17.7 Å². The number of nitrogens with one attached hydrogen (secondary N) is 2. The lowest BCUT2D eigenvalue weighted by Gasteiger charge is -2.31. The topological polar surface area (TPSA) is 114 Å². The predicted octanol–water partition coefficient (Wildman–Crippen LogP) is 1.39. The number of rotatable bonds is 7. The summed E-state index contributed by atoms with van der Waals surface area (Å²) in [6.45, 7) is 4.60. The summed E-state index contributed by atoms with van der Waals surface area (Å²) in [5, 5.41) is 5.49. The highest BCUT2D eigenvalue weighted by atomic mass is 35.5. The van der Waals surface area contributed by atoms with E-state index in [1.54, 1.807) is 24.1 Å². The summed E-state index contributed by atoms with van der Waals surface area (Å²) in [5.74, 6) is -0.112. The van der Waals surface area contributed by atoms with Crippen molar-refractivity contribution in [2.45, 2.75) is 32.7 Å². The number of carbonyl (C=O) groups is 3.